The minimum absolute atomic E-state index is 0.112. The maximum atomic E-state index is 12.7. The number of hydrogen-bond acceptors (Lipinski definition) is 2. The summed E-state index contributed by atoms with van der Waals surface area (Å²) in [7, 11) is 0. The lowest BCUT2D eigenvalue weighted by Gasteiger charge is -2.21. The van der Waals surface area contributed by atoms with Gasteiger partial charge in [-0.25, -0.2) is 4.79 Å². The monoisotopic (exact) mass is 285 g/mol. The summed E-state index contributed by atoms with van der Waals surface area (Å²) in [4.78, 5) is 25.9. The van der Waals surface area contributed by atoms with Crippen molar-refractivity contribution in [2.75, 3.05) is 13.1 Å². The van der Waals surface area contributed by atoms with Gasteiger partial charge in [0.1, 0.15) is 0 Å². The Morgan fingerprint density at radius 2 is 1.67 bits per heavy atom. The van der Waals surface area contributed by atoms with Crippen LogP contribution < -0.4 is 0 Å². The van der Waals surface area contributed by atoms with Gasteiger partial charge in [-0.1, -0.05) is 31.2 Å². The molecule has 0 atom stereocenters. The summed E-state index contributed by atoms with van der Waals surface area (Å²) in [6.45, 7) is 5.22. The van der Waals surface area contributed by atoms with Crippen LogP contribution in [0.2, 0.25) is 0 Å². The molecule has 0 saturated carbocycles. The van der Waals surface area contributed by atoms with E-state index in [1.165, 1.54) is 6.07 Å². The Labute approximate surface area is 124 Å². The summed E-state index contributed by atoms with van der Waals surface area (Å²) in [6, 6.07) is 10.4. The Morgan fingerprint density at radius 3 is 2.19 bits per heavy atom. The van der Waals surface area contributed by atoms with Crippen LogP contribution in [0, 0.1) is 0 Å². The van der Waals surface area contributed by atoms with E-state index in [1.807, 2.05) is 26.0 Å². The highest BCUT2D eigenvalue weighted by molar-refractivity contribution is 6.14. The number of aromatic carboxylic acids is 1. The van der Waals surface area contributed by atoms with Crippen LogP contribution in [0.1, 0.15) is 41.0 Å². The molecular weight excluding hydrogens is 266 g/mol. The Morgan fingerprint density at radius 1 is 1.05 bits per heavy atom. The van der Waals surface area contributed by atoms with Gasteiger partial charge in [-0.2, -0.15) is 0 Å². The number of carboxylic acid groups (broad SMARTS) is 1. The lowest BCUT2D eigenvalue weighted by molar-refractivity contribution is 0.0699. The quantitative estimate of drug-likeness (QED) is 0.915. The van der Waals surface area contributed by atoms with Crippen molar-refractivity contribution in [3.63, 3.8) is 0 Å². The van der Waals surface area contributed by atoms with Gasteiger partial charge in [0.2, 0.25) is 0 Å². The smallest absolute Gasteiger partial charge is 0.336 e. The zero-order valence-electron chi connectivity index (χ0n) is 12.3. The van der Waals surface area contributed by atoms with Crippen molar-refractivity contribution in [3.8, 4) is 0 Å². The molecule has 2 aromatic rings. The Hall–Kier alpha value is -2.36. The largest absolute Gasteiger partial charge is 0.478 e. The molecule has 1 N–H and O–H groups in total. The van der Waals surface area contributed by atoms with E-state index in [-0.39, 0.29) is 11.5 Å². The molecule has 4 nitrogen and oxygen atoms in total. The highest BCUT2D eigenvalue weighted by Gasteiger charge is 2.19. The number of amides is 1. The first kappa shape index (κ1) is 15.0. The van der Waals surface area contributed by atoms with Crippen molar-refractivity contribution < 1.29 is 14.7 Å². The van der Waals surface area contributed by atoms with E-state index in [4.69, 9.17) is 0 Å². The molecule has 0 fully saturated rings. The minimum Gasteiger partial charge on any atom is -0.478 e. The lowest BCUT2D eigenvalue weighted by Crippen LogP contribution is -2.31. The van der Waals surface area contributed by atoms with Gasteiger partial charge in [-0.05, 0) is 30.9 Å². The fraction of sp³-hybridized carbons (Fsp3) is 0.294. The Bertz CT molecular complexity index is 674. The zero-order valence-corrected chi connectivity index (χ0v) is 12.3. The molecule has 0 bridgehead atoms. The molecule has 0 aromatic heterocycles. The van der Waals surface area contributed by atoms with Crippen molar-refractivity contribution in [3.05, 3.63) is 47.5 Å². The average molecular weight is 285 g/mol. The second-order valence-corrected chi connectivity index (χ2v) is 4.90. The number of carbonyl (C=O) groups is 2. The molecular formula is C17H19NO3. The summed E-state index contributed by atoms with van der Waals surface area (Å²) in [5.74, 6) is -1.13. The van der Waals surface area contributed by atoms with Crippen molar-refractivity contribution in [2.24, 2.45) is 0 Å². The van der Waals surface area contributed by atoms with Gasteiger partial charge in [0, 0.05) is 24.0 Å². The minimum atomic E-state index is -1.01. The maximum Gasteiger partial charge on any atom is 0.336 e. The zero-order chi connectivity index (χ0) is 15.4. The van der Waals surface area contributed by atoms with Crippen LogP contribution in [0.15, 0.2) is 36.4 Å². The van der Waals surface area contributed by atoms with E-state index in [2.05, 4.69) is 0 Å². The molecule has 1 amide bonds. The molecule has 0 heterocycles. The van der Waals surface area contributed by atoms with Gasteiger partial charge in [-0.15, -0.1) is 0 Å². The van der Waals surface area contributed by atoms with Gasteiger partial charge in [0.05, 0.1) is 5.56 Å². The predicted octanol–water partition coefficient (Wildman–Crippen LogP) is 3.41. The fourth-order valence-corrected chi connectivity index (χ4v) is 2.54. The van der Waals surface area contributed by atoms with E-state index >= 15 is 0 Å². The molecule has 2 rings (SSSR count). The van der Waals surface area contributed by atoms with Gasteiger partial charge in [0.25, 0.3) is 5.91 Å². The standard InChI is InChI=1S/C17H19NO3/c1-3-11-18(4-2)16(19)13-9-5-7-12-8-6-10-14(15(12)13)17(20)21/h5-10H,3-4,11H2,1-2H3,(H,20,21). The molecule has 0 saturated heterocycles. The summed E-state index contributed by atoms with van der Waals surface area (Å²) in [5, 5.41) is 10.7. The van der Waals surface area contributed by atoms with Gasteiger partial charge >= 0.3 is 5.97 Å². The van der Waals surface area contributed by atoms with E-state index in [0.717, 1.165) is 11.8 Å². The van der Waals surface area contributed by atoms with Gasteiger partial charge < -0.3 is 10.0 Å². The second kappa shape index (κ2) is 6.39. The van der Waals surface area contributed by atoms with E-state index in [1.54, 1.807) is 23.1 Å². The lowest BCUT2D eigenvalue weighted by atomic mass is 9.98. The van der Waals surface area contributed by atoms with Gasteiger partial charge in [0.15, 0.2) is 0 Å². The third-order valence-corrected chi connectivity index (χ3v) is 3.53. The number of carbonyl (C=O) groups excluding carboxylic acids is 1. The number of benzene rings is 2. The maximum absolute atomic E-state index is 12.7. The van der Waals surface area contributed by atoms with E-state index in [0.29, 0.717) is 24.0 Å². The van der Waals surface area contributed by atoms with Crippen molar-refractivity contribution in [2.45, 2.75) is 20.3 Å². The SMILES string of the molecule is CCCN(CC)C(=O)c1cccc2cccc(C(=O)O)c12. The van der Waals surface area contributed by atoms with Crippen LogP contribution in [0.25, 0.3) is 10.8 Å². The normalized spacial score (nSPS) is 10.6. The highest BCUT2D eigenvalue weighted by Crippen LogP contribution is 2.24. The van der Waals surface area contributed by atoms with Crippen molar-refractivity contribution in [1.29, 1.82) is 0 Å². The Kier molecular flexibility index (Phi) is 4.58. The predicted molar refractivity (Wildman–Crippen MR) is 82.8 cm³/mol. The average Bonchev–Trinajstić information content (AvgIpc) is 2.50. The molecule has 0 spiro atoms. The van der Waals surface area contributed by atoms with Crippen LogP contribution in [0.4, 0.5) is 0 Å². The molecule has 0 unspecified atom stereocenters. The topological polar surface area (TPSA) is 57.6 Å². The fourth-order valence-electron chi connectivity index (χ4n) is 2.54. The summed E-state index contributed by atoms with van der Waals surface area (Å²) < 4.78 is 0. The first-order valence-corrected chi connectivity index (χ1v) is 7.14. The van der Waals surface area contributed by atoms with E-state index in [9.17, 15) is 14.7 Å². The highest BCUT2D eigenvalue weighted by atomic mass is 16.4. The third kappa shape index (κ3) is 2.89. The molecule has 0 aliphatic heterocycles. The first-order valence-electron chi connectivity index (χ1n) is 7.14. The number of fused-ring (bicyclic) bond motifs is 1. The van der Waals surface area contributed by atoms with Crippen molar-refractivity contribution in [1.82, 2.24) is 4.90 Å². The number of carboxylic acids is 1. The summed E-state index contributed by atoms with van der Waals surface area (Å²) >= 11 is 0. The molecule has 110 valence electrons. The number of hydrogen-bond donors (Lipinski definition) is 1. The molecule has 4 heteroatoms. The van der Waals surface area contributed by atoms with Crippen LogP contribution >= 0.6 is 0 Å². The second-order valence-electron chi connectivity index (χ2n) is 4.90. The third-order valence-electron chi connectivity index (χ3n) is 3.53. The molecule has 0 aliphatic carbocycles. The number of rotatable bonds is 5. The molecule has 2 aromatic carbocycles. The van der Waals surface area contributed by atoms with Crippen LogP contribution in [0.3, 0.4) is 0 Å². The molecule has 21 heavy (non-hydrogen) atoms. The van der Waals surface area contributed by atoms with Crippen LogP contribution in [-0.4, -0.2) is 35.0 Å². The summed E-state index contributed by atoms with van der Waals surface area (Å²) in [5.41, 5.74) is 0.629. The van der Waals surface area contributed by atoms with E-state index < -0.39 is 5.97 Å². The summed E-state index contributed by atoms with van der Waals surface area (Å²) in [6.07, 6.45) is 0.871. The number of nitrogens with zero attached hydrogens (tertiary/aromatic N) is 1. The Balaban J connectivity index is 2.63. The van der Waals surface area contributed by atoms with Crippen LogP contribution in [-0.2, 0) is 0 Å². The molecule has 0 radical (unpaired) electrons. The molecule has 0 aliphatic rings. The first-order chi connectivity index (χ1) is 10.1. The van der Waals surface area contributed by atoms with Crippen molar-refractivity contribution >= 4 is 22.6 Å². The van der Waals surface area contributed by atoms with Crippen LogP contribution in [0.5, 0.6) is 0 Å². The van der Waals surface area contributed by atoms with Gasteiger partial charge in [-0.3, -0.25) is 4.79 Å².